The standard InChI is InChI=1S/C40H52N6O7/c1-8-27(3)52-39(49)44-37(41)29-14-16-31(17-15-29)43-38(48)32-12-10-11-13-33(32)42-24-30-22-28(25-46-20-18-45(7)19-21-46)23-34(50-9-2)36(30)51-26-35(47)53-40(4,5)6/h8,10-17,22-23,42H,9,18-21,24-26H2,1-7H3,(H,43,48)(H2,41,44,49)/b27-8+. The third-order valence-corrected chi connectivity index (χ3v) is 8.21. The van der Waals surface area contributed by atoms with Gasteiger partial charge in [-0.25, -0.2) is 9.59 Å². The van der Waals surface area contributed by atoms with E-state index in [9.17, 15) is 14.4 Å². The Kier molecular flexibility index (Phi) is 14.4. The van der Waals surface area contributed by atoms with Gasteiger partial charge in [0.1, 0.15) is 17.2 Å². The Bertz CT molecular complexity index is 1780. The predicted molar refractivity (Wildman–Crippen MR) is 206 cm³/mol. The number of likely N-dealkylation sites (N-methyl/N-ethyl adjacent to an activating group) is 1. The van der Waals surface area contributed by atoms with Crippen LogP contribution in [0.3, 0.4) is 0 Å². The Labute approximate surface area is 312 Å². The van der Waals surface area contributed by atoms with Crippen LogP contribution < -0.4 is 25.4 Å². The van der Waals surface area contributed by atoms with Crippen LogP contribution in [-0.4, -0.2) is 85.6 Å². The molecule has 1 heterocycles. The third kappa shape index (κ3) is 12.7. The minimum absolute atomic E-state index is 0.138. The van der Waals surface area contributed by atoms with Gasteiger partial charge in [-0.1, -0.05) is 12.1 Å². The van der Waals surface area contributed by atoms with Crippen LogP contribution in [0.5, 0.6) is 11.5 Å². The van der Waals surface area contributed by atoms with Gasteiger partial charge in [-0.15, -0.1) is 0 Å². The van der Waals surface area contributed by atoms with E-state index in [0.29, 0.717) is 46.4 Å². The number of para-hydroxylation sites is 1. The Morgan fingerprint density at radius 1 is 0.962 bits per heavy atom. The van der Waals surface area contributed by atoms with Gasteiger partial charge in [-0.05, 0) is 109 Å². The van der Waals surface area contributed by atoms with E-state index in [1.165, 1.54) is 0 Å². The van der Waals surface area contributed by atoms with E-state index in [-0.39, 0.29) is 24.9 Å². The fourth-order valence-electron chi connectivity index (χ4n) is 5.49. The van der Waals surface area contributed by atoms with Crippen LogP contribution in [0.25, 0.3) is 0 Å². The van der Waals surface area contributed by atoms with Crippen LogP contribution in [0.1, 0.15) is 68.6 Å². The lowest BCUT2D eigenvalue weighted by Gasteiger charge is -2.32. The van der Waals surface area contributed by atoms with Gasteiger partial charge in [-0.2, -0.15) is 0 Å². The fraction of sp³-hybridized carbons (Fsp3) is 0.400. The normalized spacial score (nSPS) is 13.8. The molecular formula is C40H52N6O7. The first kappa shape index (κ1) is 40.4. The molecule has 53 heavy (non-hydrogen) atoms. The van der Waals surface area contributed by atoms with Crippen molar-refractivity contribution in [3.05, 3.63) is 94.8 Å². The average molecular weight is 729 g/mol. The fourth-order valence-corrected chi connectivity index (χ4v) is 5.49. The van der Waals surface area contributed by atoms with E-state index in [0.717, 1.165) is 43.9 Å². The number of ether oxygens (including phenoxy) is 4. The number of esters is 1. The number of nitrogens with zero attached hydrogens (tertiary/aromatic N) is 2. The van der Waals surface area contributed by atoms with Gasteiger partial charge in [0.15, 0.2) is 18.1 Å². The smallest absolute Gasteiger partial charge is 0.417 e. The van der Waals surface area contributed by atoms with Crippen molar-refractivity contribution in [2.24, 2.45) is 0 Å². The van der Waals surface area contributed by atoms with E-state index in [2.05, 4.69) is 38.9 Å². The molecule has 1 aliphatic heterocycles. The largest absolute Gasteiger partial charge is 0.490 e. The topological polar surface area (TPSA) is 155 Å². The van der Waals surface area contributed by atoms with Crippen molar-refractivity contribution in [2.45, 2.75) is 60.2 Å². The molecule has 0 saturated carbocycles. The summed E-state index contributed by atoms with van der Waals surface area (Å²) in [5, 5.41) is 16.9. The molecule has 1 aliphatic rings. The molecule has 4 N–H and O–H groups in total. The molecule has 2 amide bonds. The molecular weight excluding hydrogens is 676 g/mol. The third-order valence-electron chi connectivity index (χ3n) is 8.21. The SMILES string of the molecule is C/C=C(\C)OC(=O)NC(=N)c1ccc(NC(=O)c2ccccc2NCc2cc(CN3CCN(C)CC3)cc(OCC)c2OCC(=O)OC(C)(C)C)cc1. The first-order chi connectivity index (χ1) is 25.2. The van der Waals surface area contributed by atoms with Gasteiger partial charge in [0.25, 0.3) is 5.91 Å². The maximum absolute atomic E-state index is 13.6. The van der Waals surface area contributed by atoms with Crippen molar-refractivity contribution >= 4 is 35.2 Å². The number of piperazine rings is 1. The molecule has 1 fully saturated rings. The quantitative estimate of drug-likeness (QED) is 0.0635. The van der Waals surface area contributed by atoms with Crippen LogP contribution in [0.4, 0.5) is 16.2 Å². The number of benzene rings is 3. The zero-order valence-electron chi connectivity index (χ0n) is 31.8. The van der Waals surface area contributed by atoms with Crippen molar-refractivity contribution < 1.29 is 33.3 Å². The molecule has 0 radical (unpaired) electrons. The molecule has 13 heteroatoms. The second-order valence-electron chi connectivity index (χ2n) is 13.7. The number of carbonyl (C=O) groups is 3. The summed E-state index contributed by atoms with van der Waals surface area (Å²) < 4.78 is 22.7. The minimum atomic E-state index is -0.760. The van der Waals surface area contributed by atoms with Crippen molar-refractivity contribution in [3.63, 3.8) is 0 Å². The zero-order valence-corrected chi connectivity index (χ0v) is 31.8. The highest BCUT2D eigenvalue weighted by Crippen LogP contribution is 2.35. The Morgan fingerprint density at radius 2 is 1.66 bits per heavy atom. The highest BCUT2D eigenvalue weighted by Gasteiger charge is 2.22. The predicted octanol–water partition coefficient (Wildman–Crippen LogP) is 6.39. The molecule has 4 rings (SSSR count). The molecule has 3 aromatic rings. The van der Waals surface area contributed by atoms with Crippen molar-refractivity contribution in [1.82, 2.24) is 15.1 Å². The van der Waals surface area contributed by atoms with Gasteiger partial charge in [0.2, 0.25) is 0 Å². The molecule has 13 nitrogen and oxygen atoms in total. The van der Waals surface area contributed by atoms with Gasteiger partial charge in [-0.3, -0.25) is 20.4 Å². The highest BCUT2D eigenvalue weighted by atomic mass is 16.6. The lowest BCUT2D eigenvalue weighted by Crippen LogP contribution is -2.43. The summed E-state index contributed by atoms with van der Waals surface area (Å²) in [4.78, 5) is 42.9. The summed E-state index contributed by atoms with van der Waals surface area (Å²) in [6, 6.07) is 17.7. The monoisotopic (exact) mass is 728 g/mol. The number of nitrogens with one attached hydrogen (secondary N) is 4. The molecule has 0 unspecified atom stereocenters. The summed E-state index contributed by atoms with van der Waals surface area (Å²) in [6.07, 6.45) is 0.881. The molecule has 0 spiro atoms. The Hall–Kier alpha value is -5.40. The lowest BCUT2D eigenvalue weighted by molar-refractivity contribution is -0.157. The van der Waals surface area contributed by atoms with Crippen LogP contribution in [0.2, 0.25) is 0 Å². The number of allylic oxidation sites excluding steroid dienone is 2. The number of hydrogen-bond acceptors (Lipinski definition) is 11. The van der Waals surface area contributed by atoms with E-state index < -0.39 is 17.7 Å². The summed E-state index contributed by atoms with van der Waals surface area (Å²) in [7, 11) is 2.12. The van der Waals surface area contributed by atoms with Crippen LogP contribution in [0, 0.1) is 5.41 Å². The number of amidine groups is 1. The van der Waals surface area contributed by atoms with Crippen molar-refractivity contribution in [1.29, 1.82) is 5.41 Å². The second kappa shape index (κ2) is 18.9. The number of hydrogen-bond donors (Lipinski definition) is 4. The van der Waals surface area contributed by atoms with E-state index in [4.69, 9.17) is 24.4 Å². The van der Waals surface area contributed by atoms with Crippen LogP contribution in [-0.2, 0) is 27.4 Å². The highest BCUT2D eigenvalue weighted by molar-refractivity contribution is 6.08. The van der Waals surface area contributed by atoms with E-state index in [1.807, 2.05) is 25.1 Å². The van der Waals surface area contributed by atoms with Crippen molar-refractivity contribution in [3.8, 4) is 11.5 Å². The molecule has 284 valence electrons. The second-order valence-corrected chi connectivity index (χ2v) is 13.7. The molecule has 0 bridgehead atoms. The first-order valence-corrected chi connectivity index (χ1v) is 17.7. The Morgan fingerprint density at radius 3 is 2.32 bits per heavy atom. The van der Waals surface area contributed by atoms with Gasteiger partial charge in [0.05, 0.1) is 12.2 Å². The minimum Gasteiger partial charge on any atom is -0.490 e. The van der Waals surface area contributed by atoms with Crippen LogP contribution >= 0.6 is 0 Å². The maximum Gasteiger partial charge on any atom is 0.417 e. The van der Waals surface area contributed by atoms with E-state index in [1.54, 1.807) is 77.1 Å². The number of anilines is 2. The molecule has 0 aromatic heterocycles. The van der Waals surface area contributed by atoms with Gasteiger partial charge < -0.3 is 34.5 Å². The number of carbonyl (C=O) groups excluding carboxylic acids is 3. The maximum atomic E-state index is 13.6. The number of rotatable bonds is 14. The van der Waals surface area contributed by atoms with Gasteiger partial charge in [0, 0.05) is 61.8 Å². The lowest BCUT2D eigenvalue weighted by atomic mass is 10.1. The first-order valence-electron chi connectivity index (χ1n) is 17.7. The zero-order chi connectivity index (χ0) is 38.5. The van der Waals surface area contributed by atoms with Crippen LogP contribution in [0.15, 0.2) is 72.5 Å². The summed E-state index contributed by atoms with van der Waals surface area (Å²) >= 11 is 0. The van der Waals surface area contributed by atoms with E-state index >= 15 is 0 Å². The molecule has 1 saturated heterocycles. The number of alkyl carbamates (subject to hydrolysis) is 1. The average Bonchev–Trinajstić information content (AvgIpc) is 3.11. The molecule has 3 aromatic carbocycles. The number of amides is 2. The molecule has 0 atom stereocenters. The summed E-state index contributed by atoms with van der Waals surface area (Å²) in [5.74, 6) is 0.396. The van der Waals surface area contributed by atoms with Gasteiger partial charge >= 0.3 is 12.1 Å². The molecule has 0 aliphatic carbocycles. The Balaban J connectivity index is 1.52. The summed E-state index contributed by atoms with van der Waals surface area (Å²) in [5.41, 5.74) is 3.08. The summed E-state index contributed by atoms with van der Waals surface area (Å²) in [6.45, 7) is 15.7. The van der Waals surface area contributed by atoms with Crippen molar-refractivity contribution in [2.75, 3.05) is 57.1 Å².